The molecule has 2 N–H and O–H groups in total. The van der Waals surface area contributed by atoms with Crippen molar-refractivity contribution < 1.29 is 22.7 Å². The summed E-state index contributed by atoms with van der Waals surface area (Å²) in [6.45, 7) is 3.26. The van der Waals surface area contributed by atoms with Gasteiger partial charge in [-0.2, -0.15) is 11.8 Å². The molecule has 0 unspecified atom stereocenters. The summed E-state index contributed by atoms with van der Waals surface area (Å²) in [6.07, 6.45) is 2.96. The fourth-order valence-corrected chi connectivity index (χ4v) is 4.62. The second-order valence-electron chi connectivity index (χ2n) is 6.89. The van der Waals surface area contributed by atoms with E-state index < -0.39 is 10.0 Å². The number of rotatable bonds is 10. The molecule has 0 aliphatic carbocycles. The molecule has 2 heterocycles. The number of hydrogen-bond acceptors (Lipinski definition) is 7. The summed E-state index contributed by atoms with van der Waals surface area (Å²) in [4.78, 5) is 16.4. The van der Waals surface area contributed by atoms with E-state index in [0.29, 0.717) is 37.0 Å². The van der Waals surface area contributed by atoms with Crippen LogP contribution in [0.25, 0.3) is 0 Å². The first-order valence-corrected chi connectivity index (χ1v) is 12.8. The number of carbonyl (C=O) groups is 1. The molecule has 0 atom stereocenters. The number of sulfonamides is 1. The summed E-state index contributed by atoms with van der Waals surface area (Å²) in [5.41, 5.74) is 1.10. The van der Waals surface area contributed by atoms with Gasteiger partial charge in [-0.1, -0.05) is 6.92 Å². The van der Waals surface area contributed by atoms with E-state index in [1.165, 1.54) is 12.1 Å². The summed E-state index contributed by atoms with van der Waals surface area (Å²) < 4.78 is 38.7. The number of ether oxygens (including phenoxy) is 2. The third-order valence-electron chi connectivity index (χ3n) is 4.47. The molecule has 168 valence electrons. The summed E-state index contributed by atoms with van der Waals surface area (Å²) >= 11 is 1.79. The molecular weight excluding hydrogens is 438 g/mol. The van der Waals surface area contributed by atoms with Crippen molar-refractivity contribution in [1.29, 1.82) is 0 Å². The number of carbonyl (C=O) groups excluding carboxylic acids is 1. The highest BCUT2D eigenvalue weighted by molar-refractivity contribution is 7.98. The van der Waals surface area contributed by atoms with E-state index in [-0.39, 0.29) is 23.8 Å². The van der Waals surface area contributed by atoms with Gasteiger partial charge in [-0.3, -0.25) is 4.79 Å². The molecule has 1 aliphatic rings. The fraction of sp³-hybridized carbons (Fsp3) is 0.429. The maximum absolute atomic E-state index is 12.5. The first-order chi connectivity index (χ1) is 15.0. The summed E-state index contributed by atoms with van der Waals surface area (Å²) in [7, 11) is -3.71. The summed E-state index contributed by atoms with van der Waals surface area (Å²) in [5, 5.41) is 2.76. The van der Waals surface area contributed by atoms with Crippen LogP contribution in [0.3, 0.4) is 0 Å². The van der Waals surface area contributed by atoms with Crippen molar-refractivity contribution >= 4 is 33.5 Å². The van der Waals surface area contributed by atoms with Crippen molar-refractivity contribution in [3.05, 3.63) is 42.1 Å². The molecule has 0 saturated heterocycles. The Bertz CT molecular complexity index is 998. The van der Waals surface area contributed by atoms with Gasteiger partial charge < -0.3 is 14.8 Å². The molecular formula is C21H27N3O5S2. The van der Waals surface area contributed by atoms with Crippen molar-refractivity contribution in [2.45, 2.75) is 36.8 Å². The smallest absolute Gasteiger partial charge is 0.240 e. The fourth-order valence-electron chi connectivity index (χ4n) is 2.91. The maximum atomic E-state index is 12.5. The molecule has 1 amide bonds. The van der Waals surface area contributed by atoms with Gasteiger partial charge in [-0.15, -0.1) is 0 Å². The average molecular weight is 466 g/mol. The number of benzene rings is 1. The summed E-state index contributed by atoms with van der Waals surface area (Å²) in [5.74, 6) is 3.15. The number of nitrogens with one attached hydrogen (secondary N) is 2. The topological polar surface area (TPSA) is 107 Å². The largest absolute Gasteiger partial charge is 0.490 e. The minimum Gasteiger partial charge on any atom is -0.490 e. The Kier molecular flexibility index (Phi) is 8.56. The van der Waals surface area contributed by atoms with E-state index in [1.807, 2.05) is 12.1 Å². The minimum atomic E-state index is -3.71. The lowest BCUT2D eigenvalue weighted by molar-refractivity contribution is -0.116. The Hall–Kier alpha value is -2.30. The molecule has 2 aromatic rings. The molecule has 3 rings (SSSR count). The highest BCUT2D eigenvalue weighted by atomic mass is 32.2. The molecule has 31 heavy (non-hydrogen) atoms. The molecule has 0 fully saturated rings. The predicted molar refractivity (Wildman–Crippen MR) is 121 cm³/mol. The van der Waals surface area contributed by atoms with Crippen molar-refractivity contribution in [2.24, 2.45) is 0 Å². The van der Waals surface area contributed by atoms with Crippen LogP contribution in [0.4, 0.5) is 5.82 Å². The average Bonchev–Trinajstić information content (AvgIpc) is 3.00. The standard InChI is InChI=1S/C21H27N3O5S2/c1-2-30-15-16-8-10-22-20(13-16)24-21(25)5-3-9-23-31(26,27)17-6-7-18-19(14-17)29-12-4-11-28-18/h6-8,10,13-14,23H,2-5,9,11-12,15H2,1H3,(H,22,24,25). The number of fused-ring (bicyclic) bond motifs is 1. The molecule has 1 aromatic carbocycles. The first kappa shape index (κ1) is 23.4. The molecule has 1 aliphatic heterocycles. The van der Waals surface area contributed by atoms with Crippen LogP contribution in [-0.4, -0.2) is 44.8 Å². The maximum Gasteiger partial charge on any atom is 0.240 e. The Morgan fingerprint density at radius 1 is 1.16 bits per heavy atom. The van der Waals surface area contributed by atoms with Crippen LogP contribution in [0.1, 0.15) is 31.7 Å². The van der Waals surface area contributed by atoms with Gasteiger partial charge in [-0.25, -0.2) is 18.1 Å². The van der Waals surface area contributed by atoms with Crippen LogP contribution >= 0.6 is 11.8 Å². The van der Waals surface area contributed by atoms with Gasteiger partial charge in [0, 0.05) is 37.4 Å². The molecule has 10 heteroatoms. The van der Waals surface area contributed by atoms with Crippen molar-refractivity contribution in [3.8, 4) is 11.5 Å². The quantitative estimate of drug-likeness (QED) is 0.519. The van der Waals surface area contributed by atoms with Gasteiger partial charge in [0.05, 0.1) is 18.1 Å². The molecule has 0 saturated carbocycles. The lowest BCUT2D eigenvalue weighted by atomic mass is 10.2. The van der Waals surface area contributed by atoms with Crippen LogP contribution in [-0.2, 0) is 20.6 Å². The first-order valence-electron chi connectivity index (χ1n) is 10.2. The Labute approximate surface area is 187 Å². The second-order valence-corrected chi connectivity index (χ2v) is 9.94. The molecule has 0 bridgehead atoms. The zero-order valence-electron chi connectivity index (χ0n) is 17.4. The van der Waals surface area contributed by atoms with E-state index in [0.717, 1.165) is 23.5 Å². The number of hydrogen-bond donors (Lipinski definition) is 2. The van der Waals surface area contributed by atoms with E-state index in [1.54, 1.807) is 24.0 Å². The van der Waals surface area contributed by atoms with Gasteiger partial charge in [0.15, 0.2) is 11.5 Å². The monoisotopic (exact) mass is 465 g/mol. The molecule has 0 radical (unpaired) electrons. The normalized spacial score (nSPS) is 13.5. The number of thioether (sulfide) groups is 1. The van der Waals surface area contributed by atoms with E-state index >= 15 is 0 Å². The third-order valence-corrected chi connectivity index (χ3v) is 6.87. The van der Waals surface area contributed by atoms with Crippen LogP contribution in [0, 0.1) is 0 Å². The van der Waals surface area contributed by atoms with Crippen LogP contribution in [0.15, 0.2) is 41.4 Å². The zero-order valence-corrected chi connectivity index (χ0v) is 19.1. The molecule has 0 spiro atoms. The van der Waals surface area contributed by atoms with Gasteiger partial charge >= 0.3 is 0 Å². The number of aromatic nitrogens is 1. The van der Waals surface area contributed by atoms with Gasteiger partial charge in [0.2, 0.25) is 15.9 Å². The van der Waals surface area contributed by atoms with Crippen molar-refractivity contribution in [2.75, 3.05) is 30.8 Å². The number of nitrogens with zero attached hydrogens (tertiary/aromatic N) is 1. The van der Waals surface area contributed by atoms with Crippen LogP contribution in [0.2, 0.25) is 0 Å². The Morgan fingerprint density at radius 2 is 1.97 bits per heavy atom. The third kappa shape index (κ3) is 7.12. The van der Waals surface area contributed by atoms with E-state index in [9.17, 15) is 13.2 Å². The van der Waals surface area contributed by atoms with Crippen LogP contribution in [0.5, 0.6) is 11.5 Å². The Morgan fingerprint density at radius 3 is 2.77 bits per heavy atom. The number of anilines is 1. The highest BCUT2D eigenvalue weighted by Gasteiger charge is 2.18. The van der Waals surface area contributed by atoms with Crippen molar-refractivity contribution in [1.82, 2.24) is 9.71 Å². The van der Waals surface area contributed by atoms with E-state index in [2.05, 4.69) is 21.9 Å². The highest BCUT2D eigenvalue weighted by Crippen LogP contribution is 2.31. The number of pyridine rings is 1. The minimum absolute atomic E-state index is 0.104. The molecule has 8 nitrogen and oxygen atoms in total. The van der Waals surface area contributed by atoms with Gasteiger partial charge in [0.1, 0.15) is 5.82 Å². The zero-order chi connectivity index (χ0) is 22.1. The van der Waals surface area contributed by atoms with Crippen molar-refractivity contribution in [3.63, 3.8) is 0 Å². The molecule has 1 aromatic heterocycles. The van der Waals surface area contributed by atoms with Gasteiger partial charge in [-0.05, 0) is 42.0 Å². The SMILES string of the molecule is CCSCc1ccnc(NC(=O)CCCNS(=O)(=O)c2ccc3c(c2)OCCCO3)c1. The lowest BCUT2D eigenvalue weighted by Crippen LogP contribution is -2.26. The Balaban J connectivity index is 1.46. The predicted octanol–water partition coefficient (Wildman–Crippen LogP) is 3.19. The number of amides is 1. The van der Waals surface area contributed by atoms with E-state index in [4.69, 9.17) is 9.47 Å². The lowest BCUT2D eigenvalue weighted by Gasteiger charge is -2.11. The van der Waals surface area contributed by atoms with Crippen LogP contribution < -0.4 is 19.5 Å². The van der Waals surface area contributed by atoms with Gasteiger partial charge in [0.25, 0.3) is 0 Å². The summed E-state index contributed by atoms with van der Waals surface area (Å²) in [6, 6.07) is 8.33. The second kappa shape index (κ2) is 11.4.